The van der Waals surface area contributed by atoms with E-state index in [2.05, 4.69) is 32.8 Å². The van der Waals surface area contributed by atoms with Crippen molar-refractivity contribution in [1.82, 2.24) is 9.97 Å². The molecule has 0 spiro atoms. The zero-order valence-electron chi connectivity index (χ0n) is 10.8. The Bertz CT molecular complexity index is 560. The molecular weight excluding hydrogens is 306 g/mol. The van der Waals surface area contributed by atoms with Gasteiger partial charge in [0.2, 0.25) is 0 Å². The lowest BCUT2D eigenvalue weighted by Crippen LogP contribution is -2.04. The van der Waals surface area contributed by atoms with Crippen molar-refractivity contribution in [1.29, 1.82) is 0 Å². The number of ether oxygens (including phenoxy) is 1. The van der Waals surface area contributed by atoms with Crippen LogP contribution in [0.4, 0.5) is 0 Å². The molecule has 0 aliphatic heterocycles. The fourth-order valence-electron chi connectivity index (χ4n) is 1.70. The number of nitrogens with two attached hydrogens (primary N) is 1. The summed E-state index contributed by atoms with van der Waals surface area (Å²) in [6, 6.07) is 3.93. The van der Waals surface area contributed by atoms with E-state index >= 15 is 0 Å². The molecule has 0 bridgehead atoms. The third-order valence-corrected chi connectivity index (χ3v) is 3.06. The summed E-state index contributed by atoms with van der Waals surface area (Å²) in [6.07, 6.45) is 6.21. The lowest BCUT2D eigenvalue weighted by molar-refractivity contribution is 0.313. The topological polar surface area (TPSA) is 61.0 Å². The summed E-state index contributed by atoms with van der Waals surface area (Å²) in [7, 11) is 0. The monoisotopic (exact) mass is 321 g/mol. The van der Waals surface area contributed by atoms with Crippen LogP contribution in [0.5, 0.6) is 5.75 Å². The largest absolute Gasteiger partial charge is 0.492 e. The molecule has 0 unspecified atom stereocenters. The Morgan fingerprint density at radius 3 is 2.79 bits per heavy atom. The van der Waals surface area contributed by atoms with Crippen LogP contribution in [0.2, 0.25) is 0 Å². The zero-order valence-corrected chi connectivity index (χ0v) is 12.4. The zero-order chi connectivity index (χ0) is 13.7. The molecule has 4 nitrogen and oxygen atoms in total. The van der Waals surface area contributed by atoms with Crippen molar-refractivity contribution in [2.24, 2.45) is 5.73 Å². The van der Waals surface area contributed by atoms with Crippen LogP contribution in [0.1, 0.15) is 18.9 Å². The summed E-state index contributed by atoms with van der Waals surface area (Å²) in [6.45, 7) is 3.17. The maximum absolute atomic E-state index is 5.77. The van der Waals surface area contributed by atoms with Crippen LogP contribution >= 0.6 is 15.9 Å². The molecule has 2 aromatic heterocycles. The van der Waals surface area contributed by atoms with E-state index in [0.717, 1.165) is 33.5 Å². The third kappa shape index (κ3) is 3.52. The maximum atomic E-state index is 5.77. The van der Waals surface area contributed by atoms with Crippen molar-refractivity contribution >= 4 is 15.9 Å². The number of hydrogen-bond donors (Lipinski definition) is 1. The highest BCUT2D eigenvalue weighted by Gasteiger charge is 2.07. The number of pyridine rings is 2. The van der Waals surface area contributed by atoms with Gasteiger partial charge in [0, 0.05) is 34.5 Å². The van der Waals surface area contributed by atoms with Gasteiger partial charge in [-0.05, 0) is 34.5 Å². The van der Waals surface area contributed by atoms with Crippen molar-refractivity contribution in [2.75, 3.05) is 6.61 Å². The van der Waals surface area contributed by atoms with E-state index in [1.165, 1.54) is 0 Å². The average Bonchev–Trinajstić information content (AvgIpc) is 2.45. The molecule has 0 saturated heterocycles. The van der Waals surface area contributed by atoms with Crippen molar-refractivity contribution in [3.8, 4) is 17.0 Å². The summed E-state index contributed by atoms with van der Waals surface area (Å²) >= 11 is 3.40. The van der Waals surface area contributed by atoms with E-state index in [0.29, 0.717) is 13.2 Å². The fraction of sp³-hybridized carbons (Fsp3) is 0.286. The average molecular weight is 322 g/mol. The number of halogens is 1. The summed E-state index contributed by atoms with van der Waals surface area (Å²) in [5, 5.41) is 0. The lowest BCUT2D eigenvalue weighted by atomic mass is 10.1. The minimum Gasteiger partial charge on any atom is -0.492 e. The molecular formula is C14H16BrN3O. The molecule has 100 valence electrons. The molecule has 0 saturated carbocycles. The molecule has 19 heavy (non-hydrogen) atoms. The molecule has 2 aromatic rings. The third-order valence-electron chi connectivity index (χ3n) is 2.63. The molecule has 0 radical (unpaired) electrons. The van der Waals surface area contributed by atoms with Gasteiger partial charge in [0.1, 0.15) is 5.75 Å². The van der Waals surface area contributed by atoms with Gasteiger partial charge in [-0.3, -0.25) is 9.97 Å². The predicted molar refractivity (Wildman–Crippen MR) is 78.8 cm³/mol. The normalized spacial score (nSPS) is 10.5. The quantitative estimate of drug-likeness (QED) is 0.918. The van der Waals surface area contributed by atoms with Crippen LogP contribution in [0.25, 0.3) is 11.3 Å². The Morgan fingerprint density at radius 1 is 1.26 bits per heavy atom. The Labute approximate surface area is 121 Å². The van der Waals surface area contributed by atoms with Crippen LogP contribution in [0, 0.1) is 0 Å². The van der Waals surface area contributed by atoms with Crippen molar-refractivity contribution in [3.05, 3.63) is 40.8 Å². The van der Waals surface area contributed by atoms with Crippen molar-refractivity contribution < 1.29 is 4.74 Å². The Hall–Kier alpha value is -1.46. The van der Waals surface area contributed by atoms with Gasteiger partial charge < -0.3 is 10.5 Å². The highest BCUT2D eigenvalue weighted by molar-refractivity contribution is 9.10. The predicted octanol–water partition coefficient (Wildman–Crippen LogP) is 3.15. The van der Waals surface area contributed by atoms with Gasteiger partial charge in [-0.1, -0.05) is 6.92 Å². The first kappa shape index (κ1) is 14.0. The number of nitrogens with zero attached hydrogens (tertiary/aromatic N) is 2. The van der Waals surface area contributed by atoms with Gasteiger partial charge in [0.15, 0.2) is 0 Å². The number of aromatic nitrogens is 2. The minimum atomic E-state index is 0.427. The van der Waals surface area contributed by atoms with Crippen molar-refractivity contribution in [2.45, 2.75) is 19.9 Å². The first-order chi connectivity index (χ1) is 9.24. The maximum Gasteiger partial charge on any atom is 0.142 e. The minimum absolute atomic E-state index is 0.427. The molecule has 2 heterocycles. The van der Waals surface area contributed by atoms with Gasteiger partial charge in [0.05, 0.1) is 18.5 Å². The Kier molecular flexibility index (Phi) is 4.87. The van der Waals surface area contributed by atoms with E-state index in [1.807, 2.05) is 12.1 Å². The first-order valence-electron chi connectivity index (χ1n) is 6.17. The second kappa shape index (κ2) is 6.63. The van der Waals surface area contributed by atoms with Crippen LogP contribution < -0.4 is 10.5 Å². The lowest BCUT2D eigenvalue weighted by Gasteiger charge is -2.10. The molecule has 0 fully saturated rings. The van der Waals surface area contributed by atoms with Crippen LogP contribution in [0.15, 0.2) is 35.2 Å². The molecule has 0 amide bonds. The SMILES string of the molecule is CCCOc1cnc(-c2cncc(Br)c2)cc1CN. The Morgan fingerprint density at radius 2 is 2.11 bits per heavy atom. The smallest absolute Gasteiger partial charge is 0.142 e. The van der Waals surface area contributed by atoms with Gasteiger partial charge in [0.25, 0.3) is 0 Å². The van der Waals surface area contributed by atoms with E-state index in [4.69, 9.17) is 10.5 Å². The highest BCUT2D eigenvalue weighted by Crippen LogP contribution is 2.25. The second-order valence-corrected chi connectivity index (χ2v) is 5.04. The molecule has 0 aliphatic rings. The molecule has 5 heteroatoms. The van der Waals surface area contributed by atoms with Gasteiger partial charge in [-0.25, -0.2) is 0 Å². The molecule has 2 N–H and O–H groups in total. The summed E-state index contributed by atoms with van der Waals surface area (Å²) in [5.41, 5.74) is 8.52. The highest BCUT2D eigenvalue weighted by atomic mass is 79.9. The standard InChI is InChI=1S/C14H16BrN3O/c1-2-3-19-14-9-18-13(5-10(14)6-16)11-4-12(15)8-17-7-11/h4-5,7-9H,2-3,6,16H2,1H3. The van der Waals surface area contributed by atoms with Crippen molar-refractivity contribution in [3.63, 3.8) is 0 Å². The molecule has 2 rings (SSSR count). The van der Waals surface area contributed by atoms with Crippen LogP contribution in [-0.2, 0) is 6.54 Å². The molecule has 0 aliphatic carbocycles. The summed E-state index contributed by atoms with van der Waals surface area (Å²) in [5.74, 6) is 0.760. The second-order valence-electron chi connectivity index (χ2n) is 4.12. The van der Waals surface area contributed by atoms with Crippen LogP contribution in [-0.4, -0.2) is 16.6 Å². The van der Waals surface area contributed by atoms with E-state index in [-0.39, 0.29) is 0 Å². The number of rotatable bonds is 5. The van der Waals surface area contributed by atoms with Gasteiger partial charge >= 0.3 is 0 Å². The summed E-state index contributed by atoms with van der Waals surface area (Å²) in [4.78, 5) is 8.55. The van der Waals surface area contributed by atoms with E-state index in [1.54, 1.807) is 18.6 Å². The molecule has 0 aromatic carbocycles. The van der Waals surface area contributed by atoms with Crippen LogP contribution in [0.3, 0.4) is 0 Å². The van der Waals surface area contributed by atoms with E-state index < -0.39 is 0 Å². The first-order valence-corrected chi connectivity index (χ1v) is 6.96. The van der Waals surface area contributed by atoms with Gasteiger partial charge in [-0.15, -0.1) is 0 Å². The fourth-order valence-corrected chi connectivity index (χ4v) is 2.06. The number of hydrogen-bond acceptors (Lipinski definition) is 4. The Balaban J connectivity index is 2.33. The summed E-state index contributed by atoms with van der Waals surface area (Å²) < 4.78 is 6.55. The molecule has 0 atom stereocenters. The van der Waals surface area contributed by atoms with Gasteiger partial charge in [-0.2, -0.15) is 0 Å². The van der Waals surface area contributed by atoms with E-state index in [9.17, 15) is 0 Å².